The summed E-state index contributed by atoms with van der Waals surface area (Å²) in [6, 6.07) is 11.6. The van der Waals surface area contributed by atoms with Crippen molar-refractivity contribution in [2.75, 3.05) is 0 Å². The van der Waals surface area contributed by atoms with Crippen LogP contribution in [0.15, 0.2) is 36.4 Å². The number of benzene rings is 2. The van der Waals surface area contributed by atoms with Gasteiger partial charge in [0.05, 0.1) is 12.5 Å². The molecule has 3 heteroatoms. The first-order chi connectivity index (χ1) is 8.54. The van der Waals surface area contributed by atoms with Crippen LogP contribution in [0.25, 0.3) is 10.8 Å². The van der Waals surface area contributed by atoms with E-state index in [1.807, 2.05) is 50.2 Å². The number of halogens is 1. The van der Waals surface area contributed by atoms with Crippen LogP contribution in [0.1, 0.15) is 19.4 Å². The molecule has 0 saturated heterocycles. The second kappa shape index (κ2) is 5.40. The van der Waals surface area contributed by atoms with Crippen LogP contribution in [-0.2, 0) is 16.0 Å². The smallest absolute Gasteiger partial charge is 0.310 e. The van der Waals surface area contributed by atoms with E-state index in [4.69, 9.17) is 16.3 Å². The Balaban J connectivity index is 2.20. The monoisotopic (exact) mass is 262 g/mol. The molecule has 0 fully saturated rings. The molecule has 2 nitrogen and oxygen atoms in total. The van der Waals surface area contributed by atoms with Crippen molar-refractivity contribution in [3.8, 4) is 0 Å². The fraction of sp³-hybridized carbons (Fsp3) is 0.267. The maximum atomic E-state index is 11.6. The van der Waals surface area contributed by atoms with Crippen molar-refractivity contribution in [3.05, 3.63) is 47.0 Å². The number of rotatable bonds is 3. The summed E-state index contributed by atoms with van der Waals surface area (Å²) in [5.41, 5.74) is 0.954. The number of esters is 1. The highest BCUT2D eigenvalue weighted by molar-refractivity contribution is 6.31. The zero-order valence-corrected chi connectivity index (χ0v) is 11.2. The normalized spacial score (nSPS) is 10.9. The molecular formula is C15H15ClO2. The van der Waals surface area contributed by atoms with Crippen molar-refractivity contribution in [3.63, 3.8) is 0 Å². The molecule has 0 aliphatic heterocycles. The van der Waals surface area contributed by atoms with Gasteiger partial charge in [-0.25, -0.2) is 0 Å². The molecule has 2 rings (SSSR count). The lowest BCUT2D eigenvalue weighted by molar-refractivity contribution is -0.146. The number of carbonyl (C=O) groups is 1. The number of hydrogen-bond donors (Lipinski definition) is 0. The average molecular weight is 263 g/mol. The number of carbonyl (C=O) groups excluding carboxylic acids is 1. The van der Waals surface area contributed by atoms with Gasteiger partial charge in [-0.15, -0.1) is 0 Å². The summed E-state index contributed by atoms with van der Waals surface area (Å²) < 4.78 is 5.13. The maximum absolute atomic E-state index is 11.6. The van der Waals surface area contributed by atoms with Crippen LogP contribution in [-0.4, -0.2) is 12.1 Å². The Bertz CT molecular complexity index is 576. The highest BCUT2D eigenvalue weighted by atomic mass is 35.5. The zero-order valence-electron chi connectivity index (χ0n) is 10.4. The quantitative estimate of drug-likeness (QED) is 0.782. The summed E-state index contributed by atoms with van der Waals surface area (Å²) in [4.78, 5) is 11.6. The second-order valence-electron chi connectivity index (χ2n) is 4.54. The molecule has 0 radical (unpaired) electrons. The first kappa shape index (κ1) is 12.9. The summed E-state index contributed by atoms with van der Waals surface area (Å²) in [7, 11) is 0. The molecule has 0 bridgehead atoms. The van der Waals surface area contributed by atoms with Gasteiger partial charge in [0, 0.05) is 5.02 Å². The Morgan fingerprint density at radius 1 is 1.17 bits per heavy atom. The molecule has 0 spiro atoms. The predicted octanol–water partition coefficient (Wildman–Crippen LogP) is 3.99. The Labute approximate surface area is 112 Å². The Kier molecular flexibility index (Phi) is 3.87. The third-order valence-corrected chi connectivity index (χ3v) is 2.82. The minimum Gasteiger partial charge on any atom is -0.463 e. The third kappa shape index (κ3) is 3.23. The lowest BCUT2D eigenvalue weighted by Crippen LogP contribution is -2.13. The Morgan fingerprint density at radius 3 is 2.56 bits per heavy atom. The van der Waals surface area contributed by atoms with Gasteiger partial charge >= 0.3 is 5.97 Å². The predicted molar refractivity (Wildman–Crippen MR) is 73.9 cm³/mol. The molecule has 2 aromatic carbocycles. The van der Waals surface area contributed by atoms with Gasteiger partial charge in [0.15, 0.2) is 0 Å². The van der Waals surface area contributed by atoms with Gasteiger partial charge in [0.25, 0.3) is 0 Å². The van der Waals surface area contributed by atoms with E-state index in [1.165, 1.54) is 0 Å². The summed E-state index contributed by atoms with van der Waals surface area (Å²) >= 11 is 5.93. The molecule has 18 heavy (non-hydrogen) atoms. The van der Waals surface area contributed by atoms with Crippen LogP contribution < -0.4 is 0 Å². The molecule has 0 aliphatic carbocycles. The summed E-state index contributed by atoms with van der Waals surface area (Å²) in [6.07, 6.45) is 0.230. The van der Waals surface area contributed by atoms with E-state index in [-0.39, 0.29) is 12.1 Å². The van der Waals surface area contributed by atoms with E-state index in [0.717, 1.165) is 21.4 Å². The minimum absolute atomic E-state index is 0.0724. The lowest BCUT2D eigenvalue weighted by atomic mass is 10.1. The van der Waals surface area contributed by atoms with Crippen LogP contribution in [0.3, 0.4) is 0 Å². The highest BCUT2D eigenvalue weighted by Crippen LogP contribution is 2.21. The number of fused-ring (bicyclic) bond motifs is 1. The number of ether oxygens (including phenoxy) is 1. The van der Waals surface area contributed by atoms with E-state index in [0.29, 0.717) is 6.42 Å². The van der Waals surface area contributed by atoms with E-state index >= 15 is 0 Å². The van der Waals surface area contributed by atoms with Gasteiger partial charge in [-0.05, 0) is 42.3 Å². The topological polar surface area (TPSA) is 26.3 Å². The molecule has 0 heterocycles. The molecule has 0 N–H and O–H groups in total. The molecule has 2 aromatic rings. The van der Waals surface area contributed by atoms with Crippen molar-refractivity contribution in [1.29, 1.82) is 0 Å². The maximum Gasteiger partial charge on any atom is 0.310 e. The van der Waals surface area contributed by atoms with Gasteiger partial charge in [-0.3, -0.25) is 4.79 Å². The van der Waals surface area contributed by atoms with E-state index in [9.17, 15) is 4.79 Å². The molecule has 0 atom stereocenters. The molecule has 0 saturated carbocycles. The Hall–Kier alpha value is -1.54. The zero-order chi connectivity index (χ0) is 13.1. The fourth-order valence-corrected chi connectivity index (χ4v) is 2.03. The largest absolute Gasteiger partial charge is 0.463 e. The summed E-state index contributed by atoms with van der Waals surface area (Å²) in [5, 5.41) is 2.87. The standard InChI is InChI=1S/C15H15ClO2/c1-10(2)18-15(17)8-11-3-4-13-9-14(16)6-5-12(13)7-11/h3-7,9-10H,8H2,1-2H3. The fourth-order valence-electron chi connectivity index (χ4n) is 1.85. The first-order valence-corrected chi connectivity index (χ1v) is 6.30. The van der Waals surface area contributed by atoms with E-state index < -0.39 is 0 Å². The van der Waals surface area contributed by atoms with Crippen molar-refractivity contribution in [1.82, 2.24) is 0 Å². The van der Waals surface area contributed by atoms with Gasteiger partial charge < -0.3 is 4.74 Å². The second-order valence-corrected chi connectivity index (χ2v) is 4.98. The molecule has 94 valence electrons. The van der Waals surface area contributed by atoms with Gasteiger partial charge in [-0.1, -0.05) is 35.9 Å². The third-order valence-electron chi connectivity index (χ3n) is 2.58. The van der Waals surface area contributed by atoms with E-state index in [2.05, 4.69) is 0 Å². The average Bonchev–Trinajstić information content (AvgIpc) is 2.28. The molecule has 0 aromatic heterocycles. The molecule has 0 amide bonds. The SMILES string of the molecule is CC(C)OC(=O)Cc1ccc2cc(Cl)ccc2c1. The van der Waals surface area contributed by atoms with Crippen molar-refractivity contribution in [2.24, 2.45) is 0 Å². The van der Waals surface area contributed by atoms with Gasteiger partial charge in [0.1, 0.15) is 0 Å². The van der Waals surface area contributed by atoms with Crippen LogP contribution in [0, 0.1) is 0 Å². The van der Waals surface area contributed by atoms with Gasteiger partial charge in [0.2, 0.25) is 0 Å². The van der Waals surface area contributed by atoms with Crippen LogP contribution in [0.5, 0.6) is 0 Å². The minimum atomic E-state index is -0.196. The van der Waals surface area contributed by atoms with Gasteiger partial charge in [-0.2, -0.15) is 0 Å². The molecular weight excluding hydrogens is 248 g/mol. The number of hydrogen-bond acceptors (Lipinski definition) is 2. The summed E-state index contributed by atoms with van der Waals surface area (Å²) in [6.45, 7) is 3.70. The Morgan fingerprint density at radius 2 is 1.83 bits per heavy atom. The first-order valence-electron chi connectivity index (χ1n) is 5.92. The van der Waals surface area contributed by atoms with Crippen molar-refractivity contribution in [2.45, 2.75) is 26.4 Å². The molecule has 0 aliphatic rings. The van der Waals surface area contributed by atoms with Crippen LogP contribution >= 0.6 is 11.6 Å². The van der Waals surface area contributed by atoms with Crippen LogP contribution in [0.2, 0.25) is 5.02 Å². The van der Waals surface area contributed by atoms with Crippen molar-refractivity contribution < 1.29 is 9.53 Å². The van der Waals surface area contributed by atoms with Crippen LogP contribution in [0.4, 0.5) is 0 Å². The molecule has 0 unspecified atom stereocenters. The van der Waals surface area contributed by atoms with E-state index in [1.54, 1.807) is 0 Å². The lowest BCUT2D eigenvalue weighted by Gasteiger charge is -2.08. The van der Waals surface area contributed by atoms with Crippen molar-refractivity contribution >= 4 is 28.3 Å². The summed E-state index contributed by atoms with van der Waals surface area (Å²) in [5.74, 6) is -0.196. The highest BCUT2D eigenvalue weighted by Gasteiger charge is 2.07.